The molecule has 0 aliphatic rings. The van der Waals surface area contributed by atoms with Crippen molar-refractivity contribution in [2.75, 3.05) is 0 Å². The van der Waals surface area contributed by atoms with Crippen LogP contribution in [0.1, 0.15) is 54.0 Å². The molecule has 3 aromatic heterocycles. The number of hydrogen-bond acceptors (Lipinski definition) is 5. The second-order valence-corrected chi connectivity index (χ2v) is 7.18. The number of carbonyl (C=O) groups excluding carboxylic acids is 1. The molecule has 0 aliphatic carbocycles. The Balaban J connectivity index is 1.28. The van der Waals surface area contributed by atoms with Crippen LogP contribution in [0.15, 0.2) is 55.0 Å². The SMILES string of the molecule is Cc1nc(CCCCCCC(=O)c2ccccc2)n2ncc(-n3ccnn3)cc12. The first-order chi connectivity index (χ1) is 14.2. The zero-order chi connectivity index (χ0) is 20.1. The van der Waals surface area contributed by atoms with Crippen molar-refractivity contribution in [1.82, 2.24) is 29.6 Å². The molecule has 7 heteroatoms. The van der Waals surface area contributed by atoms with E-state index in [1.165, 1.54) is 0 Å². The Morgan fingerprint density at radius 3 is 2.69 bits per heavy atom. The van der Waals surface area contributed by atoms with Gasteiger partial charge in [-0.3, -0.25) is 4.79 Å². The minimum Gasteiger partial charge on any atom is -0.294 e. The van der Waals surface area contributed by atoms with Crippen LogP contribution in [0.3, 0.4) is 0 Å². The van der Waals surface area contributed by atoms with Gasteiger partial charge >= 0.3 is 0 Å². The average molecular weight is 388 g/mol. The van der Waals surface area contributed by atoms with Gasteiger partial charge in [-0.05, 0) is 25.8 Å². The number of fused-ring (bicyclic) bond motifs is 1. The summed E-state index contributed by atoms with van der Waals surface area (Å²) < 4.78 is 3.60. The number of aromatic nitrogens is 6. The summed E-state index contributed by atoms with van der Waals surface area (Å²) in [5.41, 5.74) is 3.63. The van der Waals surface area contributed by atoms with E-state index >= 15 is 0 Å². The van der Waals surface area contributed by atoms with Gasteiger partial charge in [-0.1, -0.05) is 48.4 Å². The molecule has 0 saturated carbocycles. The minimum atomic E-state index is 0.230. The zero-order valence-corrected chi connectivity index (χ0v) is 16.5. The van der Waals surface area contributed by atoms with Gasteiger partial charge in [-0.25, -0.2) is 14.2 Å². The molecule has 0 spiro atoms. The summed E-state index contributed by atoms with van der Waals surface area (Å²) in [5, 5.41) is 12.4. The summed E-state index contributed by atoms with van der Waals surface area (Å²) in [7, 11) is 0. The third-order valence-electron chi connectivity index (χ3n) is 5.07. The summed E-state index contributed by atoms with van der Waals surface area (Å²) in [6, 6.07) is 11.6. The van der Waals surface area contributed by atoms with Crippen LogP contribution in [0.5, 0.6) is 0 Å². The highest BCUT2D eigenvalue weighted by Crippen LogP contribution is 2.17. The van der Waals surface area contributed by atoms with E-state index in [2.05, 4.69) is 15.4 Å². The molecule has 0 bridgehead atoms. The van der Waals surface area contributed by atoms with E-state index in [4.69, 9.17) is 4.98 Å². The van der Waals surface area contributed by atoms with Gasteiger partial charge in [0.2, 0.25) is 0 Å². The Kier molecular flexibility index (Phi) is 5.74. The molecule has 3 heterocycles. The number of rotatable bonds is 9. The Morgan fingerprint density at radius 2 is 1.90 bits per heavy atom. The predicted octanol–water partition coefficient (Wildman–Crippen LogP) is 3.99. The number of aryl methyl sites for hydroxylation is 2. The van der Waals surface area contributed by atoms with Gasteiger partial charge in [0, 0.05) is 18.4 Å². The molecule has 0 unspecified atom stereocenters. The maximum absolute atomic E-state index is 12.1. The Labute approximate surface area is 169 Å². The number of Topliss-reactive ketones (excluding diaryl/α,β-unsaturated/α-hetero) is 1. The molecule has 0 radical (unpaired) electrons. The molecule has 1 aromatic carbocycles. The van der Waals surface area contributed by atoms with Gasteiger partial charge in [0.25, 0.3) is 0 Å². The Morgan fingerprint density at radius 1 is 1.07 bits per heavy atom. The van der Waals surface area contributed by atoms with Gasteiger partial charge < -0.3 is 0 Å². The summed E-state index contributed by atoms with van der Waals surface area (Å²) in [6.07, 6.45) is 10.8. The normalized spacial score (nSPS) is 11.2. The molecule has 0 fully saturated rings. The van der Waals surface area contributed by atoms with Crippen molar-refractivity contribution in [3.05, 3.63) is 72.1 Å². The fraction of sp³-hybridized carbons (Fsp3) is 0.318. The molecule has 7 nitrogen and oxygen atoms in total. The standard InChI is InChI=1S/C22H24N6O/c1-17-20-15-19(27-14-13-23-26-27)16-24-28(20)22(25-17)12-8-3-2-7-11-21(29)18-9-5-4-6-10-18/h4-6,9-10,13-16H,2-3,7-8,11-12H2,1H3. The van der Waals surface area contributed by atoms with Gasteiger partial charge in [0.05, 0.1) is 35.5 Å². The van der Waals surface area contributed by atoms with Crippen molar-refractivity contribution in [3.63, 3.8) is 0 Å². The molecular formula is C22H24N6O. The quantitative estimate of drug-likeness (QED) is 0.320. The lowest BCUT2D eigenvalue weighted by Gasteiger charge is -2.04. The first-order valence-corrected chi connectivity index (χ1v) is 10.0. The van der Waals surface area contributed by atoms with Crippen LogP contribution in [0.25, 0.3) is 11.2 Å². The van der Waals surface area contributed by atoms with Crippen molar-refractivity contribution in [2.24, 2.45) is 0 Å². The topological polar surface area (TPSA) is 78.0 Å². The van der Waals surface area contributed by atoms with E-state index < -0.39 is 0 Å². The number of hydrogen-bond donors (Lipinski definition) is 0. The van der Waals surface area contributed by atoms with Crippen molar-refractivity contribution in [2.45, 2.75) is 45.4 Å². The smallest absolute Gasteiger partial charge is 0.162 e. The molecule has 4 aromatic rings. The minimum absolute atomic E-state index is 0.230. The maximum Gasteiger partial charge on any atom is 0.162 e. The molecular weight excluding hydrogens is 364 g/mol. The van der Waals surface area contributed by atoms with Gasteiger partial charge in [-0.15, -0.1) is 5.10 Å². The van der Waals surface area contributed by atoms with Crippen LogP contribution in [0.4, 0.5) is 0 Å². The molecule has 29 heavy (non-hydrogen) atoms. The summed E-state index contributed by atoms with van der Waals surface area (Å²) in [5.74, 6) is 1.20. The van der Waals surface area contributed by atoms with E-state index in [1.807, 2.05) is 47.8 Å². The van der Waals surface area contributed by atoms with Crippen molar-refractivity contribution in [3.8, 4) is 5.69 Å². The Bertz CT molecular complexity index is 1090. The first kappa shape index (κ1) is 19.0. The van der Waals surface area contributed by atoms with Crippen molar-refractivity contribution in [1.29, 1.82) is 0 Å². The highest BCUT2D eigenvalue weighted by Gasteiger charge is 2.11. The van der Waals surface area contributed by atoms with E-state index in [1.54, 1.807) is 23.3 Å². The average Bonchev–Trinajstić information content (AvgIpc) is 3.39. The van der Waals surface area contributed by atoms with E-state index in [0.29, 0.717) is 6.42 Å². The fourth-order valence-corrected chi connectivity index (χ4v) is 3.50. The number of nitrogens with zero attached hydrogens (tertiary/aromatic N) is 6. The third kappa shape index (κ3) is 4.39. The number of unbranched alkanes of at least 4 members (excludes halogenated alkanes) is 3. The number of carbonyl (C=O) groups is 1. The molecule has 0 atom stereocenters. The van der Waals surface area contributed by atoms with E-state index in [-0.39, 0.29) is 5.78 Å². The summed E-state index contributed by atoms with van der Waals surface area (Å²) in [4.78, 5) is 16.8. The number of benzene rings is 1. The van der Waals surface area contributed by atoms with Crippen molar-refractivity contribution >= 4 is 11.3 Å². The fourth-order valence-electron chi connectivity index (χ4n) is 3.50. The van der Waals surface area contributed by atoms with Gasteiger partial charge in [-0.2, -0.15) is 5.10 Å². The van der Waals surface area contributed by atoms with Crippen LogP contribution in [0, 0.1) is 6.92 Å². The molecule has 4 rings (SSSR count). The molecule has 0 saturated heterocycles. The van der Waals surface area contributed by atoms with Crippen LogP contribution in [-0.4, -0.2) is 35.4 Å². The summed E-state index contributed by atoms with van der Waals surface area (Å²) in [6.45, 7) is 2.00. The Hall–Kier alpha value is -3.35. The van der Waals surface area contributed by atoms with Crippen molar-refractivity contribution < 1.29 is 4.79 Å². The van der Waals surface area contributed by atoms with Crippen LogP contribution >= 0.6 is 0 Å². The second-order valence-electron chi connectivity index (χ2n) is 7.18. The maximum atomic E-state index is 12.1. The second kappa shape index (κ2) is 8.77. The first-order valence-electron chi connectivity index (χ1n) is 10.0. The lowest BCUT2D eigenvalue weighted by atomic mass is 10.0. The number of ketones is 1. The molecule has 148 valence electrons. The van der Waals surface area contributed by atoms with Crippen LogP contribution in [-0.2, 0) is 6.42 Å². The van der Waals surface area contributed by atoms with Gasteiger partial charge in [0.1, 0.15) is 5.82 Å². The highest BCUT2D eigenvalue weighted by molar-refractivity contribution is 5.95. The third-order valence-corrected chi connectivity index (χ3v) is 5.07. The van der Waals surface area contributed by atoms with E-state index in [9.17, 15) is 4.79 Å². The largest absolute Gasteiger partial charge is 0.294 e. The highest BCUT2D eigenvalue weighted by atomic mass is 16.1. The molecule has 0 N–H and O–H groups in total. The zero-order valence-electron chi connectivity index (χ0n) is 16.5. The summed E-state index contributed by atoms with van der Waals surface area (Å²) >= 11 is 0. The lowest BCUT2D eigenvalue weighted by molar-refractivity contribution is 0.0979. The van der Waals surface area contributed by atoms with Crippen LogP contribution < -0.4 is 0 Å². The number of imidazole rings is 1. The molecule has 0 aliphatic heterocycles. The molecule has 0 amide bonds. The lowest BCUT2D eigenvalue weighted by Crippen LogP contribution is -2.02. The van der Waals surface area contributed by atoms with E-state index in [0.717, 1.165) is 60.4 Å². The monoisotopic (exact) mass is 388 g/mol. The van der Waals surface area contributed by atoms with Gasteiger partial charge in [0.15, 0.2) is 5.78 Å². The van der Waals surface area contributed by atoms with Crippen LogP contribution in [0.2, 0.25) is 0 Å². The predicted molar refractivity (Wildman–Crippen MR) is 110 cm³/mol.